The number of ether oxygens (including phenoxy) is 1. The van der Waals surface area contributed by atoms with Crippen LogP contribution < -0.4 is 0 Å². The van der Waals surface area contributed by atoms with Crippen LogP contribution in [0.4, 0.5) is 0 Å². The van der Waals surface area contributed by atoms with Crippen molar-refractivity contribution in [2.24, 2.45) is 0 Å². The van der Waals surface area contributed by atoms with Gasteiger partial charge in [0, 0.05) is 6.42 Å². The first-order valence-electron chi connectivity index (χ1n) is 4.83. The van der Waals surface area contributed by atoms with E-state index in [1.807, 2.05) is 13.8 Å². The van der Waals surface area contributed by atoms with E-state index in [2.05, 4.69) is 9.78 Å². The van der Waals surface area contributed by atoms with Crippen LogP contribution in [-0.4, -0.2) is 19.2 Å². The van der Waals surface area contributed by atoms with Gasteiger partial charge in [0.2, 0.25) is 0 Å². The van der Waals surface area contributed by atoms with E-state index in [-0.39, 0.29) is 0 Å². The molecule has 0 aliphatic carbocycles. The molecule has 4 heteroatoms. The molecule has 0 aliphatic rings. The third-order valence-electron chi connectivity index (χ3n) is 1.62. The van der Waals surface area contributed by atoms with E-state index in [4.69, 9.17) is 4.74 Å². The average molecular weight is 202 g/mol. The largest absolute Gasteiger partial charge is 0.498 e. The Bertz CT molecular complexity index is 208. The molecule has 0 radical (unpaired) electrons. The summed E-state index contributed by atoms with van der Waals surface area (Å²) in [4.78, 5) is 20.3. The Kier molecular flexibility index (Phi) is 6.84. The Balaban J connectivity index is 4.35. The third-order valence-corrected chi connectivity index (χ3v) is 1.62. The molecule has 0 aromatic rings. The summed E-state index contributed by atoms with van der Waals surface area (Å²) < 4.78 is 5.28. The smallest absolute Gasteiger partial charge is 0.372 e. The second-order valence-electron chi connectivity index (χ2n) is 2.61. The molecule has 0 saturated carbocycles. The van der Waals surface area contributed by atoms with E-state index in [0.717, 1.165) is 0 Å². The summed E-state index contributed by atoms with van der Waals surface area (Å²) in [6.45, 7) is 8.09. The Morgan fingerprint density at radius 2 is 1.79 bits per heavy atom. The van der Waals surface area contributed by atoms with Gasteiger partial charge in [-0.2, -0.15) is 4.89 Å². The predicted molar refractivity (Wildman–Crippen MR) is 52.3 cm³/mol. The van der Waals surface area contributed by atoms with Crippen LogP contribution in [0.2, 0.25) is 0 Å². The molecular formula is C10H18O4. The van der Waals surface area contributed by atoms with Gasteiger partial charge in [0.1, 0.15) is 5.76 Å². The maximum Gasteiger partial charge on any atom is 0.372 e. The van der Waals surface area contributed by atoms with Crippen molar-refractivity contribution < 1.29 is 19.3 Å². The van der Waals surface area contributed by atoms with E-state index in [1.54, 1.807) is 13.8 Å². The Labute approximate surface area is 84.8 Å². The van der Waals surface area contributed by atoms with Crippen molar-refractivity contribution in [2.75, 3.05) is 13.2 Å². The zero-order valence-electron chi connectivity index (χ0n) is 9.25. The van der Waals surface area contributed by atoms with E-state index in [1.165, 1.54) is 0 Å². The van der Waals surface area contributed by atoms with Gasteiger partial charge < -0.3 is 4.74 Å². The van der Waals surface area contributed by atoms with Crippen LogP contribution in [0.5, 0.6) is 0 Å². The van der Waals surface area contributed by atoms with Gasteiger partial charge in [-0.25, -0.2) is 4.79 Å². The summed E-state index contributed by atoms with van der Waals surface area (Å²) >= 11 is 0. The van der Waals surface area contributed by atoms with Crippen LogP contribution >= 0.6 is 0 Å². The van der Waals surface area contributed by atoms with Crippen LogP contribution in [0.25, 0.3) is 0 Å². The Morgan fingerprint density at radius 3 is 2.21 bits per heavy atom. The number of hydrogen-bond donors (Lipinski definition) is 0. The molecular weight excluding hydrogens is 184 g/mol. The number of carbonyl (C=O) groups is 1. The van der Waals surface area contributed by atoms with Crippen LogP contribution in [0.1, 0.15) is 34.1 Å². The normalized spacial score (nSPS) is 12.0. The van der Waals surface area contributed by atoms with Crippen LogP contribution in [0, 0.1) is 0 Å². The topological polar surface area (TPSA) is 44.8 Å². The summed E-state index contributed by atoms with van der Waals surface area (Å²) in [7, 11) is 0. The van der Waals surface area contributed by atoms with Gasteiger partial charge in [-0.1, -0.05) is 6.92 Å². The van der Waals surface area contributed by atoms with Gasteiger partial charge in [-0.05, 0) is 20.8 Å². The van der Waals surface area contributed by atoms with Crippen molar-refractivity contribution in [3.05, 3.63) is 11.3 Å². The average Bonchev–Trinajstić information content (AvgIpc) is 2.21. The maximum absolute atomic E-state index is 11.3. The SMILES string of the molecule is CCOOC(=O)C(C)=C(CC)OCC. The van der Waals surface area contributed by atoms with Crippen molar-refractivity contribution >= 4 is 5.97 Å². The second-order valence-corrected chi connectivity index (χ2v) is 2.61. The van der Waals surface area contributed by atoms with Crippen molar-refractivity contribution in [3.8, 4) is 0 Å². The first-order chi connectivity index (χ1) is 6.67. The molecule has 0 aromatic carbocycles. The lowest BCUT2D eigenvalue weighted by Gasteiger charge is -2.09. The second kappa shape index (κ2) is 7.38. The van der Waals surface area contributed by atoms with Crippen LogP contribution in [0.15, 0.2) is 11.3 Å². The zero-order valence-corrected chi connectivity index (χ0v) is 9.25. The highest BCUT2D eigenvalue weighted by Gasteiger charge is 2.12. The van der Waals surface area contributed by atoms with E-state index < -0.39 is 5.97 Å². The molecule has 14 heavy (non-hydrogen) atoms. The molecule has 0 aliphatic heterocycles. The minimum Gasteiger partial charge on any atom is -0.498 e. The number of hydrogen-bond acceptors (Lipinski definition) is 4. The summed E-state index contributed by atoms with van der Waals surface area (Å²) in [6, 6.07) is 0. The van der Waals surface area contributed by atoms with E-state index >= 15 is 0 Å². The molecule has 82 valence electrons. The van der Waals surface area contributed by atoms with E-state index in [9.17, 15) is 4.79 Å². The molecule has 0 heterocycles. The van der Waals surface area contributed by atoms with Crippen molar-refractivity contribution in [1.82, 2.24) is 0 Å². The van der Waals surface area contributed by atoms with Gasteiger partial charge in [0.15, 0.2) is 0 Å². The van der Waals surface area contributed by atoms with Crippen molar-refractivity contribution in [1.29, 1.82) is 0 Å². The number of rotatable bonds is 6. The minimum absolute atomic E-state index is 0.342. The van der Waals surface area contributed by atoms with Gasteiger partial charge >= 0.3 is 5.97 Å². The summed E-state index contributed by atoms with van der Waals surface area (Å²) in [6.07, 6.45) is 0.668. The maximum atomic E-state index is 11.3. The molecule has 0 fully saturated rings. The third kappa shape index (κ3) is 4.28. The number of allylic oxidation sites excluding steroid dienone is 1. The molecule has 0 unspecified atom stereocenters. The highest BCUT2D eigenvalue weighted by Crippen LogP contribution is 2.11. The zero-order chi connectivity index (χ0) is 11.0. The molecule has 0 atom stereocenters. The van der Waals surface area contributed by atoms with Crippen molar-refractivity contribution in [2.45, 2.75) is 34.1 Å². The standard InChI is InChI=1S/C10H18O4/c1-5-9(12-6-2)8(4)10(11)14-13-7-3/h5-7H2,1-4H3. The van der Waals surface area contributed by atoms with Gasteiger partial charge in [-0.15, -0.1) is 0 Å². The first kappa shape index (κ1) is 13.0. The Hall–Kier alpha value is -1.03. The van der Waals surface area contributed by atoms with Gasteiger partial charge in [0.25, 0.3) is 0 Å². The lowest BCUT2D eigenvalue weighted by Crippen LogP contribution is -2.10. The lowest BCUT2D eigenvalue weighted by atomic mass is 10.2. The molecule has 0 N–H and O–H groups in total. The van der Waals surface area contributed by atoms with Crippen LogP contribution in [0.3, 0.4) is 0 Å². The highest BCUT2D eigenvalue weighted by molar-refractivity contribution is 5.87. The van der Waals surface area contributed by atoms with Gasteiger partial charge in [0.05, 0.1) is 18.8 Å². The number of carbonyl (C=O) groups excluding carboxylic acids is 1. The molecule has 0 bridgehead atoms. The molecule has 0 rings (SSSR count). The quantitative estimate of drug-likeness (QED) is 0.287. The highest BCUT2D eigenvalue weighted by atomic mass is 17.2. The molecule has 0 aromatic heterocycles. The molecule has 0 amide bonds. The summed E-state index contributed by atoms with van der Waals surface area (Å²) in [5.74, 6) is 0.161. The van der Waals surface area contributed by atoms with Crippen LogP contribution in [-0.2, 0) is 19.3 Å². The predicted octanol–water partition coefficient (Wildman–Crippen LogP) is 2.20. The first-order valence-corrected chi connectivity index (χ1v) is 4.83. The fourth-order valence-electron chi connectivity index (χ4n) is 0.938. The molecule has 4 nitrogen and oxygen atoms in total. The lowest BCUT2D eigenvalue weighted by molar-refractivity contribution is -0.265. The monoisotopic (exact) mass is 202 g/mol. The molecule has 0 spiro atoms. The summed E-state index contributed by atoms with van der Waals surface area (Å²) in [5.41, 5.74) is 0.461. The summed E-state index contributed by atoms with van der Waals surface area (Å²) in [5, 5.41) is 0. The fourth-order valence-corrected chi connectivity index (χ4v) is 0.938. The fraction of sp³-hybridized carbons (Fsp3) is 0.700. The minimum atomic E-state index is -0.489. The van der Waals surface area contributed by atoms with E-state index in [0.29, 0.717) is 31.0 Å². The molecule has 0 saturated heterocycles. The van der Waals surface area contributed by atoms with Gasteiger partial charge in [-0.3, -0.25) is 4.89 Å². The Morgan fingerprint density at radius 1 is 1.14 bits per heavy atom. The van der Waals surface area contributed by atoms with Crippen molar-refractivity contribution in [3.63, 3.8) is 0 Å².